The molecule has 1 aromatic rings. The van der Waals surface area contributed by atoms with Gasteiger partial charge in [-0.05, 0) is 45.7 Å². The fourth-order valence-corrected chi connectivity index (χ4v) is 2.68. The van der Waals surface area contributed by atoms with E-state index < -0.39 is 23.6 Å². The van der Waals surface area contributed by atoms with Crippen LogP contribution in [0, 0.1) is 0 Å². The number of ether oxygens (including phenoxy) is 1. The number of anilines is 2. The summed E-state index contributed by atoms with van der Waals surface area (Å²) in [7, 11) is 0. The van der Waals surface area contributed by atoms with Crippen LogP contribution in [0.15, 0.2) is 18.2 Å². The zero-order chi connectivity index (χ0) is 18.8. The molecule has 1 saturated heterocycles. The van der Waals surface area contributed by atoms with E-state index in [1.165, 1.54) is 11.0 Å². The second-order valence-electron chi connectivity index (χ2n) is 6.95. The lowest BCUT2D eigenvalue weighted by Crippen LogP contribution is -2.45. The molecule has 8 heteroatoms. The summed E-state index contributed by atoms with van der Waals surface area (Å²) in [5, 5.41) is 2.67. The van der Waals surface area contributed by atoms with Gasteiger partial charge in [0, 0.05) is 6.54 Å². The molecule has 136 valence electrons. The number of carbonyl (C=O) groups is 3. The number of hydrogen-bond donors (Lipinski definition) is 3. The largest absolute Gasteiger partial charge is 0.444 e. The SMILES string of the molecule is CC(C)(C)OC(=O)N1CCCC1C(=O)Nc1cccc(C(N)=O)c1N. The molecule has 8 nitrogen and oxygen atoms in total. The smallest absolute Gasteiger partial charge is 0.410 e. The van der Waals surface area contributed by atoms with Gasteiger partial charge in [-0.3, -0.25) is 14.5 Å². The molecule has 1 unspecified atom stereocenters. The second-order valence-corrected chi connectivity index (χ2v) is 6.95. The van der Waals surface area contributed by atoms with Crippen molar-refractivity contribution >= 4 is 29.3 Å². The van der Waals surface area contributed by atoms with Crippen LogP contribution in [0.3, 0.4) is 0 Å². The predicted octanol–water partition coefficient (Wildman–Crippen LogP) is 1.71. The second kappa shape index (κ2) is 7.00. The van der Waals surface area contributed by atoms with Crippen molar-refractivity contribution in [1.29, 1.82) is 0 Å². The van der Waals surface area contributed by atoms with Crippen molar-refractivity contribution in [2.45, 2.75) is 45.3 Å². The van der Waals surface area contributed by atoms with Crippen molar-refractivity contribution in [3.05, 3.63) is 23.8 Å². The molecule has 1 aromatic carbocycles. The van der Waals surface area contributed by atoms with Gasteiger partial charge in [0.05, 0.1) is 16.9 Å². The van der Waals surface area contributed by atoms with Crippen molar-refractivity contribution in [2.24, 2.45) is 5.73 Å². The first kappa shape index (κ1) is 18.6. The van der Waals surface area contributed by atoms with Crippen molar-refractivity contribution < 1.29 is 19.1 Å². The summed E-state index contributed by atoms with van der Waals surface area (Å²) in [5.41, 5.74) is 11.0. The normalized spacial score (nSPS) is 17.2. The lowest BCUT2D eigenvalue weighted by atomic mass is 10.1. The summed E-state index contributed by atoms with van der Waals surface area (Å²) < 4.78 is 5.35. The first-order valence-electron chi connectivity index (χ1n) is 8.09. The average Bonchev–Trinajstić information content (AvgIpc) is 2.97. The molecule has 1 atom stereocenters. The van der Waals surface area contributed by atoms with Crippen molar-refractivity contribution in [3.8, 4) is 0 Å². The Morgan fingerprint density at radius 3 is 2.56 bits per heavy atom. The molecule has 0 saturated carbocycles. The lowest BCUT2D eigenvalue weighted by molar-refractivity contribution is -0.120. The molecule has 0 aromatic heterocycles. The van der Waals surface area contributed by atoms with E-state index in [0.717, 1.165) is 0 Å². The molecule has 1 fully saturated rings. The minimum Gasteiger partial charge on any atom is -0.444 e. The van der Waals surface area contributed by atoms with E-state index in [0.29, 0.717) is 19.4 Å². The summed E-state index contributed by atoms with van der Waals surface area (Å²) in [6, 6.07) is 3.99. The van der Waals surface area contributed by atoms with Crippen LogP contribution in [-0.4, -0.2) is 41.0 Å². The standard InChI is InChI=1S/C17H24N4O4/c1-17(2,3)25-16(24)21-9-5-8-12(21)15(23)20-11-7-4-6-10(13(11)18)14(19)22/h4,6-7,12H,5,8-9,18H2,1-3H3,(H2,19,22)(H,20,23). The van der Waals surface area contributed by atoms with Gasteiger partial charge in [0.25, 0.3) is 5.91 Å². The molecule has 0 spiro atoms. The van der Waals surface area contributed by atoms with Gasteiger partial charge < -0.3 is 21.5 Å². The van der Waals surface area contributed by atoms with Crippen LogP contribution in [-0.2, 0) is 9.53 Å². The van der Waals surface area contributed by atoms with Crippen LogP contribution in [0.2, 0.25) is 0 Å². The molecule has 1 aliphatic rings. The van der Waals surface area contributed by atoms with Gasteiger partial charge >= 0.3 is 6.09 Å². The van der Waals surface area contributed by atoms with Gasteiger partial charge in [-0.1, -0.05) is 6.07 Å². The number of benzene rings is 1. The number of hydrogen-bond acceptors (Lipinski definition) is 5. The van der Waals surface area contributed by atoms with Crippen LogP contribution in [0.25, 0.3) is 0 Å². The maximum atomic E-state index is 12.6. The Morgan fingerprint density at radius 2 is 1.96 bits per heavy atom. The van der Waals surface area contributed by atoms with Gasteiger partial charge in [-0.15, -0.1) is 0 Å². The molecule has 25 heavy (non-hydrogen) atoms. The van der Waals surface area contributed by atoms with Crippen molar-refractivity contribution in [2.75, 3.05) is 17.6 Å². The monoisotopic (exact) mass is 348 g/mol. The quantitative estimate of drug-likeness (QED) is 0.716. The summed E-state index contributed by atoms with van der Waals surface area (Å²) >= 11 is 0. The minimum absolute atomic E-state index is 0.102. The van der Waals surface area contributed by atoms with Gasteiger partial charge in [-0.25, -0.2) is 4.79 Å². The zero-order valence-electron chi connectivity index (χ0n) is 14.7. The molecule has 3 amide bonds. The highest BCUT2D eigenvalue weighted by atomic mass is 16.6. The average molecular weight is 348 g/mol. The van der Waals surface area contributed by atoms with E-state index in [1.54, 1.807) is 32.9 Å². The number of para-hydroxylation sites is 1. The predicted molar refractivity (Wildman–Crippen MR) is 94.0 cm³/mol. The Hall–Kier alpha value is -2.77. The number of rotatable bonds is 3. The number of carbonyl (C=O) groups excluding carboxylic acids is 3. The van der Waals surface area contributed by atoms with Crippen molar-refractivity contribution in [1.82, 2.24) is 4.90 Å². The Balaban J connectivity index is 2.14. The van der Waals surface area contributed by atoms with Crippen LogP contribution >= 0.6 is 0 Å². The van der Waals surface area contributed by atoms with Gasteiger partial charge in [0.15, 0.2) is 0 Å². The summed E-state index contributed by atoms with van der Waals surface area (Å²) in [4.78, 5) is 37.6. The number of primary amides is 1. The van der Waals surface area contributed by atoms with Crippen LogP contribution in [0.5, 0.6) is 0 Å². The maximum Gasteiger partial charge on any atom is 0.410 e. The fraction of sp³-hybridized carbons (Fsp3) is 0.471. The Kier molecular flexibility index (Phi) is 5.20. The lowest BCUT2D eigenvalue weighted by Gasteiger charge is -2.28. The summed E-state index contributed by atoms with van der Waals surface area (Å²) in [6.07, 6.45) is 0.707. The molecule has 2 rings (SSSR count). The topological polar surface area (TPSA) is 128 Å². The van der Waals surface area contributed by atoms with E-state index in [2.05, 4.69) is 5.32 Å². The zero-order valence-corrected chi connectivity index (χ0v) is 14.7. The number of likely N-dealkylation sites (tertiary alicyclic amines) is 1. The molecule has 0 radical (unpaired) electrons. The summed E-state index contributed by atoms with van der Waals surface area (Å²) in [6.45, 7) is 5.76. The maximum absolute atomic E-state index is 12.6. The first-order valence-corrected chi connectivity index (χ1v) is 8.09. The highest BCUT2D eigenvalue weighted by molar-refractivity contribution is 6.05. The molecule has 1 heterocycles. The number of nitrogens with one attached hydrogen (secondary N) is 1. The van der Waals surface area contributed by atoms with Gasteiger partial charge in [-0.2, -0.15) is 0 Å². The Morgan fingerprint density at radius 1 is 1.28 bits per heavy atom. The Bertz CT molecular complexity index is 696. The van der Waals surface area contributed by atoms with Crippen LogP contribution in [0.4, 0.5) is 16.2 Å². The van der Waals surface area contributed by atoms with Crippen LogP contribution in [0.1, 0.15) is 44.0 Å². The van der Waals surface area contributed by atoms with E-state index in [9.17, 15) is 14.4 Å². The number of nitrogens with two attached hydrogens (primary N) is 2. The van der Waals surface area contributed by atoms with E-state index >= 15 is 0 Å². The third-order valence-electron chi connectivity index (χ3n) is 3.81. The third-order valence-corrected chi connectivity index (χ3v) is 3.81. The molecule has 5 N–H and O–H groups in total. The Labute approximate surface area is 146 Å². The van der Waals surface area contributed by atoms with Crippen molar-refractivity contribution in [3.63, 3.8) is 0 Å². The highest BCUT2D eigenvalue weighted by Crippen LogP contribution is 2.26. The first-order chi connectivity index (χ1) is 11.6. The minimum atomic E-state index is -0.676. The molecule has 1 aliphatic heterocycles. The van der Waals surface area contributed by atoms with E-state index in [1.807, 2.05) is 0 Å². The summed E-state index contributed by atoms with van der Waals surface area (Å²) in [5.74, 6) is -1.05. The molecular weight excluding hydrogens is 324 g/mol. The third kappa shape index (κ3) is 4.40. The molecular formula is C17H24N4O4. The molecule has 0 aliphatic carbocycles. The highest BCUT2D eigenvalue weighted by Gasteiger charge is 2.36. The van der Waals surface area contributed by atoms with Gasteiger partial charge in [0.1, 0.15) is 11.6 Å². The molecule has 0 bridgehead atoms. The number of nitrogen functional groups attached to an aromatic ring is 1. The van der Waals surface area contributed by atoms with Gasteiger partial charge in [0.2, 0.25) is 5.91 Å². The number of nitrogens with zero attached hydrogens (tertiary/aromatic N) is 1. The number of amides is 3. The fourth-order valence-electron chi connectivity index (χ4n) is 2.68. The van der Waals surface area contributed by atoms with E-state index in [-0.39, 0.29) is 22.8 Å². The van der Waals surface area contributed by atoms with Crippen LogP contribution < -0.4 is 16.8 Å². The van der Waals surface area contributed by atoms with E-state index in [4.69, 9.17) is 16.2 Å².